The molecular formula is C15H25N3O. The van der Waals surface area contributed by atoms with Gasteiger partial charge in [0.05, 0.1) is 11.3 Å². The summed E-state index contributed by atoms with van der Waals surface area (Å²) < 4.78 is 0. The number of hydrogen-bond donors (Lipinski definition) is 2. The van der Waals surface area contributed by atoms with Crippen molar-refractivity contribution in [1.29, 1.82) is 0 Å². The molecule has 1 rings (SSSR count). The Labute approximate surface area is 116 Å². The maximum atomic E-state index is 12.3. The van der Waals surface area contributed by atoms with Crippen molar-refractivity contribution in [2.75, 3.05) is 11.9 Å². The molecule has 4 nitrogen and oxygen atoms in total. The van der Waals surface area contributed by atoms with E-state index in [0.717, 1.165) is 24.3 Å². The smallest absolute Gasteiger partial charge is 0.255 e. The summed E-state index contributed by atoms with van der Waals surface area (Å²) in [7, 11) is 0. The largest absolute Gasteiger partial charge is 0.385 e. The molecule has 19 heavy (non-hydrogen) atoms. The molecule has 0 aliphatic carbocycles. The Morgan fingerprint density at radius 2 is 2.05 bits per heavy atom. The number of rotatable bonds is 6. The van der Waals surface area contributed by atoms with Gasteiger partial charge in [-0.15, -0.1) is 0 Å². The highest BCUT2D eigenvalue weighted by molar-refractivity contribution is 5.99. The van der Waals surface area contributed by atoms with Crippen molar-refractivity contribution in [2.24, 2.45) is 5.92 Å². The highest BCUT2D eigenvalue weighted by Crippen LogP contribution is 2.16. The molecule has 0 radical (unpaired) electrons. The third-order valence-corrected chi connectivity index (χ3v) is 2.85. The second kappa shape index (κ2) is 7.12. The van der Waals surface area contributed by atoms with Gasteiger partial charge in [-0.2, -0.15) is 0 Å². The lowest BCUT2D eigenvalue weighted by Crippen LogP contribution is -2.34. The van der Waals surface area contributed by atoms with Gasteiger partial charge < -0.3 is 10.6 Å². The summed E-state index contributed by atoms with van der Waals surface area (Å²) in [5.41, 5.74) is 2.37. The number of aromatic nitrogens is 1. The Morgan fingerprint density at radius 3 is 2.63 bits per heavy atom. The molecule has 1 heterocycles. The lowest BCUT2D eigenvalue weighted by molar-refractivity contribution is 0.0936. The average Bonchev–Trinajstić information content (AvgIpc) is 2.27. The zero-order valence-corrected chi connectivity index (χ0v) is 12.6. The fourth-order valence-corrected chi connectivity index (χ4v) is 2.15. The Hall–Kier alpha value is -1.58. The maximum Gasteiger partial charge on any atom is 0.255 e. The molecule has 106 valence electrons. The second-order valence-electron chi connectivity index (χ2n) is 5.41. The van der Waals surface area contributed by atoms with Crippen LogP contribution in [0.15, 0.2) is 12.3 Å². The zero-order valence-electron chi connectivity index (χ0n) is 12.6. The van der Waals surface area contributed by atoms with E-state index >= 15 is 0 Å². The lowest BCUT2D eigenvalue weighted by atomic mass is 10.0. The SMILES string of the molecule is CCNc1cc(C)ncc1C(=O)NC(C)CC(C)C. The maximum absolute atomic E-state index is 12.3. The summed E-state index contributed by atoms with van der Waals surface area (Å²) in [6.45, 7) is 11.1. The van der Waals surface area contributed by atoms with Crippen molar-refractivity contribution in [3.05, 3.63) is 23.5 Å². The van der Waals surface area contributed by atoms with Gasteiger partial charge >= 0.3 is 0 Å². The second-order valence-corrected chi connectivity index (χ2v) is 5.41. The van der Waals surface area contributed by atoms with Crippen LogP contribution in [-0.2, 0) is 0 Å². The molecule has 1 aromatic rings. The van der Waals surface area contributed by atoms with Crippen molar-refractivity contribution in [3.63, 3.8) is 0 Å². The van der Waals surface area contributed by atoms with Crippen LogP contribution in [0.2, 0.25) is 0 Å². The van der Waals surface area contributed by atoms with Gasteiger partial charge in [-0.1, -0.05) is 13.8 Å². The van der Waals surface area contributed by atoms with Crippen molar-refractivity contribution in [2.45, 2.75) is 47.1 Å². The number of aryl methyl sites for hydroxylation is 1. The van der Waals surface area contributed by atoms with E-state index in [0.29, 0.717) is 11.5 Å². The molecule has 1 atom stereocenters. The number of anilines is 1. The fourth-order valence-electron chi connectivity index (χ4n) is 2.15. The van der Waals surface area contributed by atoms with Crippen LogP contribution in [0.25, 0.3) is 0 Å². The Morgan fingerprint density at radius 1 is 1.37 bits per heavy atom. The summed E-state index contributed by atoms with van der Waals surface area (Å²) in [5.74, 6) is 0.510. The zero-order chi connectivity index (χ0) is 14.4. The van der Waals surface area contributed by atoms with Crippen LogP contribution in [0.5, 0.6) is 0 Å². The monoisotopic (exact) mass is 263 g/mol. The number of carbonyl (C=O) groups excluding carboxylic acids is 1. The summed E-state index contributed by atoms with van der Waals surface area (Å²) in [6, 6.07) is 2.08. The molecule has 0 saturated heterocycles. The van der Waals surface area contributed by atoms with E-state index in [1.807, 2.05) is 26.8 Å². The van der Waals surface area contributed by atoms with Crippen LogP contribution >= 0.6 is 0 Å². The van der Waals surface area contributed by atoms with Gasteiger partial charge in [0.25, 0.3) is 5.91 Å². The van der Waals surface area contributed by atoms with Crippen molar-refractivity contribution in [3.8, 4) is 0 Å². The first-order chi connectivity index (χ1) is 8.93. The van der Waals surface area contributed by atoms with E-state index < -0.39 is 0 Å². The van der Waals surface area contributed by atoms with E-state index in [-0.39, 0.29) is 11.9 Å². The van der Waals surface area contributed by atoms with Gasteiger partial charge in [0.15, 0.2) is 0 Å². The molecule has 0 aliphatic rings. The van der Waals surface area contributed by atoms with E-state index in [1.165, 1.54) is 0 Å². The molecular weight excluding hydrogens is 238 g/mol. The molecule has 0 bridgehead atoms. The van der Waals surface area contributed by atoms with Gasteiger partial charge in [-0.05, 0) is 39.2 Å². The van der Waals surface area contributed by atoms with Gasteiger partial charge in [0.1, 0.15) is 0 Å². The molecule has 1 aromatic heterocycles. The molecule has 1 unspecified atom stereocenters. The highest BCUT2D eigenvalue weighted by atomic mass is 16.1. The Balaban J connectivity index is 2.81. The number of nitrogens with one attached hydrogen (secondary N) is 2. The molecule has 2 N–H and O–H groups in total. The van der Waals surface area contributed by atoms with Gasteiger partial charge in [-0.3, -0.25) is 9.78 Å². The molecule has 0 fully saturated rings. The number of amides is 1. The minimum atomic E-state index is -0.0587. The lowest BCUT2D eigenvalue weighted by Gasteiger charge is -2.17. The van der Waals surface area contributed by atoms with Gasteiger partial charge in [0, 0.05) is 24.5 Å². The standard InChI is InChI=1S/C15H25N3O/c1-6-16-14-8-11(4)17-9-13(14)15(19)18-12(5)7-10(2)3/h8-10,12H,6-7H2,1-5H3,(H,16,17)(H,18,19). The number of carbonyl (C=O) groups is 1. The fraction of sp³-hybridized carbons (Fsp3) is 0.600. The summed E-state index contributed by atoms with van der Waals surface area (Å²) in [4.78, 5) is 16.5. The summed E-state index contributed by atoms with van der Waals surface area (Å²) in [5, 5.41) is 6.24. The third kappa shape index (κ3) is 4.89. The van der Waals surface area contributed by atoms with Crippen LogP contribution in [0.1, 0.15) is 50.2 Å². The van der Waals surface area contributed by atoms with Crippen LogP contribution in [-0.4, -0.2) is 23.5 Å². The summed E-state index contributed by atoms with van der Waals surface area (Å²) >= 11 is 0. The minimum absolute atomic E-state index is 0.0587. The average molecular weight is 263 g/mol. The molecule has 0 saturated carbocycles. The minimum Gasteiger partial charge on any atom is -0.385 e. The molecule has 0 spiro atoms. The molecule has 0 aliphatic heterocycles. The van der Waals surface area contributed by atoms with Crippen LogP contribution in [0, 0.1) is 12.8 Å². The van der Waals surface area contributed by atoms with Crippen molar-refractivity contribution in [1.82, 2.24) is 10.3 Å². The van der Waals surface area contributed by atoms with Gasteiger partial charge in [-0.25, -0.2) is 0 Å². The van der Waals surface area contributed by atoms with Crippen LogP contribution in [0.4, 0.5) is 5.69 Å². The topological polar surface area (TPSA) is 54.0 Å². The predicted octanol–water partition coefficient (Wildman–Crippen LogP) is 2.99. The Kier molecular flexibility index (Phi) is 5.80. The van der Waals surface area contributed by atoms with E-state index in [4.69, 9.17) is 0 Å². The number of nitrogens with zero attached hydrogens (tertiary/aromatic N) is 1. The van der Waals surface area contributed by atoms with Gasteiger partial charge in [0.2, 0.25) is 0 Å². The van der Waals surface area contributed by atoms with Crippen molar-refractivity contribution >= 4 is 11.6 Å². The van der Waals surface area contributed by atoms with Crippen molar-refractivity contribution < 1.29 is 4.79 Å². The van der Waals surface area contributed by atoms with Crippen LogP contribution < -0.4 is 10.6 Å². The third-order valence-electron chi connectivity index (χ3n) is 2.85. The first-order valence-electron chi connectivity index (χ1n) is 6.95. The number of hydrogen-bond acceptors (Lipinski definition) is 3. The van der Waals surface area contributed by atoms with Crippen LogP contribution in [0.3, 0.4) is 0 Å². The highest BCUT2D eigenvalue weighted by Gasteiger charge is 2.15. The Bertz CT molecular complexity index is 429. The predicted molar refractivity (Wildman–Crippen MR) is 79.5 cm³/mol. The first kappa shape index (κ1) is 15.5. The van der Waals surface area contributed by atoms with E-state index in [1.54, 1.807) is 6.20 Å². The molecule has 0 aromatic carbocycles. The normalized spacial score (nSPS) is 12.3. The molecule has 4 heteroatoms. The van der Waals surface area contributed by atoms with E-state index in [2.05, 4.69) is 29.5 Å². The van der Waals surface area contributed by atoms with E-state index in [9.17, 15) is 4.79 Å². The number of pyridine rings is 1. The first-order valence-corrected chi connectivity index (χ1v) is 6.95. The molecule has 1 amide bonds. The summed E-state index contributed by atoms with van der Waals surface area (Å²) in [6.07, 6.45) is 2.62. The quantitative estimate of drug-likeness (QED) is 0.829.